The number of halogens is 1. The van der Waals surface area contributed by atoms with E-state index in [1.165, 1.54) is 25.0 Å². The van der Waals surface area contributed by atoms with Gasteiger partial charge in [-0.2, -0.15) is 0 Å². The zero-order chi connectivity index (χ0) is 24.1. The van der Waals surface area contributed by atoms with Crippen LogP contribution >= 0.6 is 0 Å². The normalized spacial score (nSPS) is 16.4. The van der Waals surface area contributed by atoms with Gasteiger partial charge in [0.15, 0.2) is 23.1 Å². The molecule has 1 unspecified atom stereocenters. The summed E-state index contributed by atoms with van der Waals surface area (Å²) in [6, 6.07) is 9.06. The number of nitrogens with two attached hydrogens (primary N) is 1. The molecule has 4 rings (SSSR count). The van der Waals surface area contributed by atoms with Crippen LogP contribution in [0.1, 0.15) is 36.5 Å². The van der Waals surface area contributed by atoms with Crippen LogP contribution in [0, 0.1) is 11.7 Å². The van der Waals surface area contributed by atoms with Crippen molar-refractivity contribution in [1.82, 2.24) is 9.88 Å². The fraction of sp³-hybridized carbons (Fsp3) is 0.385. The molecule has 1 aliphatic heterocycles. The Hall–Kier alpha value is -3.39. The van der Waals surface area contributed by atoms with Crippen molar-refractivity contribution in [2.24, 2.45) is 11.7 Å². The van der Waals surface area contributed by atoms with Crippen LogP contribution in [0.4, 0.5) is 4.39 Å². The van der Waals surface area contributed by atoms with Crippen molar-refractivity contribution in [3.05, 3.63) is 54.0 Å². The van der Waals surface area contributed by atoms with Gasteiger partial charge in [0.25, 0.3) is 0 Å². The van der Waals surface area contributed by atoms with Crippen LogP contribution in [-0.2, 0) is 0 Å². The zero-order valence-corrected chi connectivity index (χ0v) is 19.6. The lowest BCUT2D eigenvalue weighted by molar-refractivity contribution is 0.1000. The molecule has 7 nitrogen and oxygen atoms in total. The zero-order valence-electron chi connectivity index (χ0n) is 19.6. The number of amides is 1. The van der Waals surface area contributed by atoms with Gasteiger partial charge in [-0.1, -0.05) is 6.92 Å². The van der Waals surface area contributed by atoms with Crippen molar-refractivity contribution in [2.45, 2.75) is 26.2 Å². The Morgan fingerprint density at radius 2 is 2.03 bits per heavy atom. The number of ether oxygens (including phenoxy) is 3. The van der Waals surface area contributed by atoms with E-state index in [-0.39, 0.29) is 11.3 Å². The third kappa shape index (κ3) is 5.56. The molecule has 1 aromatic heterocycles. The molecule has 2 heterocycles. The van der Waals surface area contributed by atoms with Crippen molar-refractivity contribution in [3.63, 3.8) is 0 Å². The average molecular weight is 468 g/mol. The van der Waals surface area contributed by atoms with Crippen molar-refractivity contribution in [3.8, 4) is 23.0 Å². The van der Waals surface area contributed by atoms with Crippen LogP contribution < -0.4 is 19.9 Å². The minimum absolute atomic E-state index is 0.0242. The second-order valence-corrected chi connectivity index (χ2v) is 8.69. The lowest BCUT2D eigenvalue weighted by Crippen LogP contribution is -2.35. The van der Waals surface area contributed by atoms with E-state index in [4.69, 9.17) is 19.9 Å². The maximum atomic E-state index is 14.4. The van der Waals surface area contributed by atoms with Crippen LogP contribution in [0.5, 0.6) is 23.0 Å². The molecule has 2 N–H and O–H groups in total. The van der Waals surface area contributed by atoms with E-state index in [1.54, 1.807) is 31.5 Å². The van der Waals surface area contributed by atoms with Gasteiger partial charge in [-0.25, -0.2) is 4.39 Å². The number of pyridine rings is 1. The van der Waals surface area contributed by atoms with E-state index in [9.17, 15) is 9.18 Å². The molecule has 0 radical (unpaired) electrons. The minimum atomic E-state index is -0.706. The molecule has 2 aromatic carbocycles. The van der Waals surface area contributed by atoms with Crippen LogP contribution in [0.3, 0.4) is 0 Å². The molecule has 1 aliphatic rings. The lowest BCUT2D eigenvalue weighted by Gasteiger charge is -2.30. The third-order valence-electron chi connectivity index (χ3n) is 6.04. The largest absolute Gasteiger partial charge is 0.493 e. The molecule has 1 amide bonds. The molecule has 0 aliphatic carbocycles. The topological polar surface area (TPSA) is 86.9 Å². The van der Waals surface area contributed by atoms with Crippen LogP contribution in [0.25, 0.3) is 10.9 Å². The summed E-state index contributed by atoms with van der Waals surface area (Å²) in [5.41, 5.74) is 5.91. The Bertz CT molecular complexity index is 1170. The molecule has 8 heteroatoms. The second kappa shape index (κ2) is 10.7. The molecule has 1 fully saturated rings. The maximum absolute atomic E-state index is 14.4. The number of aromatic nitrogens is 1. The number of carbonyl (C=O) groups excluding carboxylic acids is 1. The molecule has 1 atom stereocenters. The number of benzene rings is 2. The first-order valence-corrected chi connectivity index (χ1v) is 11.5. The van der Waals surface area contributed by atoms with Gasteiger partial charge in [0, 0.05) is 36.3 Å². The van der Waals surface area contributed by atoms with Gasteiger partial charge in [-0.3, -0.25) is 9.78 Å². The molecule has 34 heavy (non-hydrogen) atoms. The molecule has 1 saturated heterocycles. The molecular weight excluding hydrogens is 437 g/mol. The highest BCUT2D eigenvalue weighted by Crippen LogP contribution is 2.37. The molecular formula is C26H30FN3O4. The van der Waals surface area contributed by atoms with Gasteiger partial charge < -0.3 is 24.8 Å². The highest BCUT2D eigenvalue weighted by atomic mass is 19.1. The van der Waals surface area contributed by atoms with Gasteiger partial charge in [0.1, 0.15) is 5.75 Å². The maximum Gasteiger partial charge on any atom is 0.248 e. The van der Waals surface area contributed by atoms with E-state index in [0.29, 0.717) is 34.8 Å². The van der Waals surface area contributed by atoms with Gasteiger partial charge in [0.05, 0.1) is 19.2 Å². The van der Waals surface area contributed by atoms with E-state index >= 15 is 0 Å². The number of carbonyl (C=O) groups is 1. The van der Waals surface area contributed by atoms with Crippen molar-refractivity contribution >= 4 is 16.8 Å². The predicted molar refractivity (Wildman–Crippen MR) is 128 cm³/mol. The number of nitrogens with zero attached hydrogens (tertiary/aromatic N) is 2. The molecule has 180 valence electrons. The lowest BCUT2D eigenvalue weighted by atomic mass is 10.0. The van der Waals surface area contributed by atoms with Crippen LogP contribution in [0.15, 0.2) is 42.6 Å². The van der Waals surface area contributed by atoms with Crippen LogP contribution in [0.2, 0.25) is 0 Å². The van der Waals surface area contributed by atoms with Crippen LogP contribution in [-0.4, -0.2) is 49.1 Å². The SMILES string of the molecule is COc1cc2c(Oc3ccc(C(N)=O)cc3F)ccnc2cc1OCCCN1CCCC(C)C1. The summed E-state index contributed by atoms with van der Waals surface area (Å²) in [4.78, 5) is 18.2. The Balaban J connectivity index is 1.48. The fourth-order valence-corrected chi connectivity index (χ4v) is 4.31. The fourth-order valence-electron chi connectivity index (χ4n) is 4.31. The summed E-state index contributed by atoms with van der Waals surface area (Å²) < 4.78 is 31.8. The summed E-state index contributed by atoms with van der Waals surface area (Å²) in [5.74, 6) is 0.889. The number of hydrogen-bond acceptors (Lipinski definition) is 6. The number of primary amides is 1. The molecule has 0 bridgehead atoms. The first-order valence-electron chi connectivity index (χ1n) is 11.5. The average Bonchev–Trinajstić information content (AvgIpc) is 2.82. The Morgan fingerprint density at radius 1 is 1.18 bits per heavy atom. The first-order chi connectivity index (χ1) is 16.4. The Labute approximate surface area is 198 Å². The first kappa shape index (κ1) is 23.8. The highest BCUT2D eigenvalue weighted by molar-refractivity contribution is 5.93. The monoisotopic (exact) mass is 467 g/mol. The Kier molecular flexibility index (Phi) is 7.47. The number of rotatable bonds is 9. The quantitative estimate of drug-likeness (QED) is 0.456. The number of likely N-dealkylation sites (tertiary alicyclic amines) is 1. The minimum Gasteiger partial charge on any atom is -0.493 e. The molecule has 0 spiro atoms. The summed E-state index contributed by atoms with van der Waals surface area (Å²) in [5, 5.41) is 0.646. The van der Waals surface area contributed by atoms with E-state index in [0.717, 1.165) is 38.0 Å². The van der Waals surface area contributed by atoms with Gasteiger partial charge in [0.2, 0.25) is 5.91 Å². The highest BCUT2D eigenvalue weighted by Gasteiger charge is 2.17. The summed E-state index contributed by atoms with van der Waals surface area (Å²) in [6.45, 7) is 6.19. The number of piperidine rings is 1. The van der Waals surface area contributed by atoms with Gasteiger partial charge in [-0.05, 0) is 62.1 Å². The Morgan fingerprint density at radius 3 is 2.76 bits per heavy atom. The third-order valence-corrected chi connectivity index (χ3v) is 6.04. The van der Waals surface area contributed by atoms with Crippen molar-refractivity contribution in [1.29, 1.82) is 0 Å². The number of methoxy groups -OCH3 is 1. The van der Waals surface area contributed by atoms with E-state index in [2.05, 4.69) is 16.8 Å². The van der Waals surface area contributed by atoms with E-state index in [1.807, 2.05) is 0 Å². The number of fused-ring (bicyclic) bond motifs is 1. The summed E-state index contributed by atoms with van der Waals surface area (Å²) in [7, 11) is 1.57. The molecule has 3 aromatic rings. The van der Waals surface area contributed by atoms with Gasteiger partial charge >= 0.3 is 0 Å². The number of hydrogen-bond donors (Lipinski definition) is 1. The summed E-state index contributed by atoms with van der Waals surface area (Å²) in [6.07, 6.45) is 5.08. The standard InChI is InChI=1S/C26H30FN3O4/c1-17-5-3-10-30(16-17)11-4-12-33-25-15-21-19(14-24(25)32-2)22(8-9-29-21)34-23-7-6-18(26(28)31)13-20(23)27/h6-9,13-15,17H,3-5,10-12,16H2,1-2H3,(H2,28,31). The smallest absolute Gasteiger partial charge is 0.248 e. The predicted octanol–water partition coefficient (Wildman–Crippen LogP) is 4.77. The van der Waals surface area contributed by atoms with Gasteiger partial charge in [-0.15, -0.1) is 0 Å². The summed E-state index contributed by atoms with van der Waals surface area (Å²) >= 11 is 0. The van der Waals surface area contributed by atoms with Crippen molar-refractivity contribution < 1.29 is 23.4 Å². The molecule has 0 saturated carbocycles. The van der Waals surface area contributed by atoms with Crippen molar-refractivity contribution in [2.75, 3.05) is 33.4 Å². The van der Waals surface area contributed by atoms with E-state index < -0.39 is 11.7 Å². The second-order valence-electron chi connectivity index (χ2n) is 8.69.